The number of nitrogens with one attached hydrogen (secondary N) is 1. The largest absolute Gasteiger partial charge is 0.472 e. The fourth-order valence-electron chi connectivity index (χ4n) is 6.57. The van der Waals surface area contributed by atoms with Crippen LogP contribution < -0.4 is 11.1 Å². The summed E-state index contributed by atoms with van der Waals surface area (Å²) >= 11 is 0. The van der Waals surface area contributed by atoms with Gasteiger partial charge in [0.25, 0.3) is 0 Å². The number of amides is 1. The van der Waals surface area contributed by atoms with Crippen molar-refractivity contribution in [3.05, 3.63) is 48.6 Å². The predicted molar refractivity (Wildman–Crippen MR) is 240 cm³/mol. The van der Waals surface area contributed by atoms with Crippen LogP contribution in [0.1, 0.15) is 213 Å². The van der Waals surface area contributed by atoms with E-state index in [1.54, 1.807) is 6.08 Å². The van der Waals surface area contributed by atoms with Gasteiger partial charge >= 0.3 is 7.82 Å². The lowest BCUT2D eigenvalue weighted by atomic mass is 10.0. The number of nitrogens with two attached hydrogens (primary N) is 1. The topological polar surface area (TPSA) is 131 Å². The molecular weight excluding hydrogens is 719 g/mol. The molecule has 0 bridgehead atoms. The molecule has 0 aliphatic rings. The zero-order chi connectivity index (χ0) is 41.1. The molecule has 0 aliphatic carbocycles. The van der Waals surface area contributed by atoms with Gasteiger partial charge in [-0.25, -0.2) is 4.57 Å². The van der Waals surface area contributed by atoms with Crippen LogP contribution in [0.5, 0.6) is 0 Å². The monoisotopic (exact) mass is 809 g/mol. The average Bonchev–Trinajstić information content (AvgIpc) is 3.19. The molecule has 0 radical (unpaired) electrons. The molecular formula is C47H89N2O6P. The van der Waals surface area contributed by atoms with Gasteiger partial charge in [0.15, 0.2) is 0 Å². The first-order valence-corrected chi connectivity index (χ1v) is 24.8. The number of carbonyl (C=O) groups excluding carboxylic acids is 1. The number of phosphoric acid groups is 1. The Bertz CT molecular complexity index is 1020. The minimum Gasteiger partial charge on any atom is -0.387 e. The minimum absolute atomic E-state index is 0.0706. The number of unbranched alkanes of at least 4 members (excludes halogenated alkanes) is 25. The molecule has 9 heteroatoms. The van der Waals surface area contributed by atoms with Crippen LogP contribution >= 0.6 is 7.82 Å². The summed E-state index contributed by atoms with van der Waals surface area (Å²) in [7, 11) is -4.35. The SMILES string of the molecule is CCCCCCCC/C=C\CCCCCCCCCCCC(=O)NC(COP(=O)(O)OCCN)C(O)/C=C/CC/C=C/CC/C=C/CCCCCCCCCC. The van der Waals surface area contributed by atoms with E-state index in [9.17, 15) is 19.4 Å². The van der Waals surface area contributed by atoms with E-state index in [0.29, 0.717) is 6.42 Å². The average molecular weight is 809 g/mol. The summed E-state index contributed by atoms with van der Waals surface area (Å²) in [6.45, 7) is 4.10. The number of aliphatic hydroxyl groups is 1. The number of allylic oxidation sites excluding steroid dienone is 7. The van der Waals surface area contributed by atoms with Crippen LogP contribution in [-0.4, -0.2) is 47.8 Å². The van der Waals surface area contributed by atoms with Crippen molar-refractivity contribution in [2.75, 3.05) is 19.8 Å². The van der Waals surface area contributed by atoms with Gasteiger partial charge < -0.3 is 21.1 Å². The Morgan fingerprint density at radius 3 is 1.38 bits per heavy atom. The van der Waals surface area contributed by atoms with Gasteiger partial charge in [-0.2, -0.15) is 0 Å². The van der Waals surface area contributed by atoms with Gasteiger partial charge in [-0.1, -0.05) is 184 Å². The van der Waals surface area contributed by atoms with Crippen LogP contribution in [0.3, 0.4) is 0 Å². The molecule has 3 unspecified atom stereocenters. The fraction of sp³-hybridized carbons (Fsp3) is 0.809. The Kier molecular flexibility index (Phi) is 41.9. The maximum absolute atomic E-state index is 12.8. The maximum atomic E-state index is 12.8. The second-order valence-electron chi connectivity index (χ2n) is 15.6. The molecule has 0 aromatic carbocycles. The van der Waals surface area contributed by atoms with E-state index >= 15 is 0 Å². The van der Waals surface area contributed by atoms with Crippen LogP contribution in [0.15, 0.2) is 48.6 Å². The number of aliphatic hydroxyl groups excluding tert-OH is 1. The van der Waals surface area contributed by atoms with Gasteiger partial charge in [0.2, 0.25) is 5.91 Å². The molecule has 0 fully saturated rings. The second kappa shape index (κ2) is 43.0. The third-order valence-electron chi connectivity index (χ3n) is 10.1. The molecule has 8 nitrogen and oxygen atoms in total. The lowest BCUT2D eigenvalue weighted by Gasteiger charge is -2.23. The molecule has 0 rings (SSSR count). The zero-order valence-electron chi connectivity index (χ0n) is 36.4. The normalized spacial score (nSPS) is 14.4. The van der Waals surface area contributed by atoms with Crippen molar-refractivity contribution in [3.8, 4) is 0 Å². The summed E-state index contributed by atoms with van der Waals surface area (Å²) in [6.07, 6.45) is 53.1. The van der Waals surface area contributed by atoms with Gasteiger partial charge in [0, 0.05) is 13.0 Å². The van der Waals surface area contributed by atoms with Gasteiger partial charge in [0.1, 0.15) is 0 Å². The van der Waals surface area contributed by atoms with Gasteiger partial charge in [0.05, 0.1) is 25.4 Å². The van der Waals surface area contributed by atoms with E-state index in [1.165, 1.54) is 148 Å². The van der Waals surface area contributed by atoms with Gasteiger partial charge in [-0.05, 0) is 70.6 Å². The highest BCUT2D eigenvalue weighted by molar-refractivity contribution is 7.47. The van der Waals surface area contributed by atoms with Crippen molar-refractivity contribution in [2.24, 2.45) is 5.73 Å². The summed E-state index contributed by atoms with van der Waals surface area (Å²) in [5.41, 5.74) is 5.38. The third kappa shape index (κ3) is 40.6. The van der Waals surface area contributed by atoms with Crippen molar-refractivity contribution in [2.45, 2.75) is 225 Å². The van der Waals surface area contributed by atoms with Crippen LogP contribution in [0.25, 0.3) is 0 Å². The van der Waals surface area contributed by atoms with Crippen molar-refractivity contribution >= 4 is 13.7 Å². The van der Waals surface area contributed by atoms with Crippen LogP contribution in [0.4, 0.5) is 0 Å². The summed E-state index contributed by atoms with van der Waals surface area (Å²) in [4.78, 5) is 22.7. The Morgan fingerprint density at radius 2 is 0.946 bits per heavy atom. The van der Waals surface area contributed by atoms with Crippen LogP contribution in [-0.2, 0) is 18.4 Å². The van der Waals surface area contributed by atoms with E-state index in [1.807, 2.05) is 6.08 Å². The number of rotatable bonds is 43. The van der Waals surface area contributed by atoms with E-state index in [2.05, 4.69) is 55.6 Å². The Hall–Kier alpha value is -1.54. The number of phosphoric ester groups is 1. The van der Waals surface area contributed by atoms with Gasteiger partial charge in [-0.15, -0.1) is 0 Å². The summed E-state index contributed by atoms with van der Waals surface area (Å²) in [5, 5.41) is 13.7. The van der Waals surface area contributed by atoms with E-state index in [-0.39, 0.29) is 25.7 Å². The molecule has 0 spiro atoms. The Labute approximate surface area is 345 Å². The summed E-state index contributed by atoms with van der Waals surface area (Å²) < 4.78 is 22.1. The quantitative estimate of drug-likeness (QED) is 0.0274. The lowest BCUT2D eigenvalue weighted by molar-refractivity contribution is -0.123. The standard InChI is InChI=1S/C47H89N2O6P/c1-3-5-7-9-11-13-15-17-19-21-23-25-27-29-31-33-35-37-39-41-47(51)49-45(44-55-56(52,53)54-43-42-48)46(50)40-38-36-34-32-30-28-26-24-22-20-18-16-14-12-10-8-6-4-2/h17,19,22,24,30,32,38,40,45-46,50H,3-16,18,20-21,23,25-29,31,33-37,39,41-44,48H2,1-2H3,(H,49,51)(H,52,53)/b19-17-,24-22+,32-30+,40-38+. The molecule has 1 amide bonds. The first kappa shape index (κ1) is 54.5. The molecule has 56 heavy (non-hydrogen) atoms. The molecule has 0 saturated carbocycles. The molecule has 5 N–H and O–H groups in total. The van der Waals surface area contributed by atoms with Crippen molar-refractivity contribution in [3.63, 3.8) is 0 Å². The highest BCUT2D eigenvalue weighted by Gasteiger charge is 2.26. The van der Waals surface area contributed by atoms with E-state index in [4.69, 9.17) is 14.8 Å². The van der Waals surface area contributed by atoms with E-state index < -0.39 is 20.0 Å². The van der Waals surface area contributed by atoms with Crippen molar-refractivity contribution < 1.29 is 28.4 Å². The molecule has 0 aromatic rings. The zero-order valence-corrected chi connectivity index (χ0v) is 37.3. The first-order chi connectivity index (χ1) is 27.4. The second-order valence-corrected chi connectivity index (χ2v) is 17.0. The predicted octanol–water partition coefficient (Wildman–Crippen LogP) is 13.3. The molecule has 328 valence electrons. The molecule has 0 aliphatic heterocycles. The Balaban J connectivity index is 4.25. The number of hydrogen-bond acceptors (Lipinski definition) is 6. The number of hydrogen-bond donors (Lipinski definition) is 4. The number of carbonyl (C=O) groups is 1. The minimum atomic E-state index is -4.35. The highest BCUT2D eigenvalue weighted by Crippen LogP contribution is 2.43. The van der Waals surface area contributed by atoms with Crippen LogP contribution in [0, 0.1) is 0 Å². The fourth-order valence-corrected chi connectivity index (χ4v) is 7.33. The van der Waals surface area contributed by atoms with Crippen LogP contribution in [0.2, 0.25) is 0 Å². The molecule has 0 saturated heterocycles. The summed E-state index contributed by atoms with van der Waals surface area (Å²) in [6, 6.07) is -0.885. The Morgan fingerprint density at radius 1 is 0.571 bits per heavy atom. The first-order valence-electron chi connectivity index (χ1n) is 23.3. The van der Waals surface area contributed by atoms with Crippen molar-refractivity contribution in [1.82, 2.24) is 5.32 Å². The van der Waals surface area contributed by atoms with Gasteiger partial charge in [-0.3, -0.25) is 13.8 Å². The molecule has 0 heterocycles. The third-order valence-corrected chi connectivity index (χ3v) is 11.1. The summed E-state index contributed by atoms with van der Waals surface area (Å²) in [5.74, 6) is -0.211. The molecule has 0 aromatic heterocycles. The molecule has 3 atom stereocenters. The van der Waals surface area contributed by atoms with E-state index in [0.717, 1.165) is 44.9 Å². The van der Waals surface area contributed by atoms with Crippen molar-refractivity contribution in [1.29, 1.82) is 0 Å². The maximum Gasteiger partial charge on any atom is 0.472 e. The highest BCUT2D eigenvalue weighted by atomic mass is 31.2. The lowest BCUT2D eigenvalue weighted by Crippen LogP contribution is -2.45. The smallest absolute Gasteiger partial charge is 0.387 e.